The van der Waals surface area contributed by atoms with Crippen molar-refractivity contribution < 1.29 is 9.69 Å². The second-order valence-electron chi connectivity index (χ2n) is 3.47. The Balaban J connectivity index is 2.44. The smallest absolute Gasteiger partial charge is 0.318 e. The fraction of sp³-hybridized carbons (Fsp3) is 0. The highest BCUT2D eigenvalue weighted by Crippen LogP contribution is 2.06. The first kappa shape index (κ1) is 10.4. The Morgan fingerprint density at radius 3 is 1.50 bits per heavy atom. The SMILES string of the molecule is NC(=O)[NH+](c1ccccc1)c1ccccc1. The molecule has 3 nitrogen and oxygen atoms in total. The quantitative estimate of drug-likeness (QED) is 0.782. The van der Waals surface area contributed by atoms with Crippen molar-refractivity contribution in [3.8, 4) is 0 Å². The molecule has 0 bridgehead atoms. The average molecular weight is 213 g/mol. The van der Waals surface area contributed by atoms with Crippen molar-refractivity contribution in [2.45, 2.75) is 0 Å². The summed E-state index contributed by atoms with van der Waals surface area (Å²) in [4.78, 5) is 12.0. The van der Waals surface area contributed by atoms with Gasteiger partial charge >= 0.3 is 6.03 Å². The molecule has 0 heterocycles. The van der Waals surface area contributed by atoms with Gasteiger partial charge in [-0.1, -0.05) is 36.4 Å². The maximum absolute atomic E-state index is 11.5. The van der Waals surface area contributed by atoms with Crippen LogP contribution in [-0.4, -0.2) is 6.03 Å². The van der Waals surface area contributed by atoms with Gasteiger partial charge in [-0.05, 0) is 0 Å². The zero-order chi connectivity index (χ0) is 11.4. The van der Waals surface area contributed by atoms with E-state index in [4.69, 9.17) is 5.73 Å². The van der Waals surface area contributed by atoms with Crippen LogP contribution in [0.15, 0.2) is 60.7 Å². The molecule has 0 fully saturated rings. The first-order chi connectivity index (χ1) is 7.79. The van der Waals surface area contributed by atoms with Gasteiger partial charge in [0.15, 0.2) is 0 Å². The van der Waals surface area contributed by atoms with E-state index in [1.54, 1.807) is 0 Å². The van der Waals surface area contributed by atoms with Crippen molar-refractivity contribution in [1.29, 1.82) is 0 Å². The van der Waals surface area contributed by atoms with Crippen LogP contribution in [0, 0.1) is 0 Å². The fourth-order valence-corrected chi connectivity index (χ4v) is 1.66. The second kappa shape index (κ2) is 4.59. The van der Waals surface area contributed by atoms with Gasteiger partial charge in [0.1, 0.15) is 11.4 Å². The maximum atomic E-state index is 11.5. The Morgan fingerprint density at radius 2 is 1.19 bits per heavy atom. The van der Waals surface area contributed by atoms with Gasteiger partial charge in [0.25, 0.3) is 0 Å². The first-order valence-electron chi connectivity index (χ1n) is 5.06. The van der Waals surface area contributed by atoms with Crippen LogP contribution in [0.3, 0.4) is 0 Å². The minimum atomic E-state index is -0.405. The van der Waals surface area contributed by atoms with E-state index >= 15 is 0 Å². The molecule has 0 saturated carbocycles. The van der Waals surface area contributed by atoms with Gasteiger partial charge in [-0.2, -0.15) is 4.90 Å². The van der Waals surface area contributed by atoms with Crippen LogP contribution in [0.4, 0.5) is 16.2 Å². The number of para-hydroxylation sites is 2. The molecule has 80 valence electrons. The van der Waals surface area contributed by atoms with Crippen molar-refractivity contribution in [2.24, 2.45) is 5.73 Å². The number of carbonyl (C=O) groups is 1. The van der Waals surface area contributed by atoms with Crippen LogP contribution >= 0.6 is 0 Å². The van der Waals surface area contributed by atoms with Gasteiger partial charge in [-0.3, -0.25) is 0 Å². The van der Waals surface area contributed by atoms with E-state index in [1.807, 2.05) is 60.7 Å². The Hall–Kier alpha value is -2.13. The number of nitrogens with two attached hydrogens (primary N) is 1. The van der Waals surface area contributed by atoms with Crippen LogP contribution in [0.25, 0.3) is 0 Å². The van der Waals surface area contributed by atoms with E-state index in [0.717, 1.165) is 11.4 Å². The summed E-state index contributed by atoms with van der Waals surface area (Å²) in [6, 6.07) is 18.5. The fourth-order valence-electron chi connectivity index (χ4n) is 1.66. The molecule has 3 heteroatoms. The van der Waals surface area contributed by atoms with Gasteiger partial charge in [0, 0.05) is 24.3 Å². The average Bonchev–Trinajstić information content (AvgIpc) is 2.31. The summed E-state index contributed by atoms with van der Waals surface area (Å²) in [5.74, 6) is 0. The molecule has 0 aliphatic rings. The standard InChI is InChI=1S/C13H12N2O/c14-13(16)15(11-7-3-1-4-8-11)12-9-5-2-6-10-12/h1-10H,(H2,14,16)/p+1. The number of rotatable bonds is 2. The Morgan fingerprint density at radius 1 is 0.812 bits per heavy atom. The van der Waals surface area contributed by atoms with Crippen molar-refractivity contribution >= 4 is 17.4 Å². The number of nitrogens with one attached hydrogen (secondary N) is 1. The molecule has 0 spiro atoms. The zero-order valence-corrected chi connectivity index (χ0v) is 8.76. The van der Waals surface area contributed by atoms with Crippen LogP contribution in [0.2, 0.25) is 0 Å². The summed E-state index contributed by atoms with van der Waals surface area (Å²) in [5, 5.41) is 0. The van der Waals surface area contributed by atoms with E-state index in [1.165, 1.54) is 0 Å². The third kappa shape index (κ3) is 2.10. The highest BCUT2D eigenvalue weighted by Gasteiger charge is 2.20. The number of quaternary nitrogens is 1. The third-order valence-corrected chi connectivity index (χ3v) is 2.37. The lowest BCUT2D eigenvalue weighted by atomic mass is 10.2. The highest BCUT2D eigenvalue weighted by atomic mass is 16.2. The predicted molar refractivity (Wildman–Crippen MR) is 62.8 cm³/mol. The van der Waals surface area contributed by atoms with Crippen molar-refractivity contribution in [3.05, 3.63) is 60.7 Å². The minimum absolute atomic E-state index is 0.405. The normalized spacial score (nSPS) is 10.3. The molecule has 0 aromatic heterocycles. The molecule has 0 unspecified atom stereocenters. The molecular weight excluding hydrogens is 200 g/mol. The summed E-state index contributed by atoms with van der Waals surface area (Å²) in [6.45, 7) is 0. The molecule has 0 aliphatic heterocycles. The predicted octanol–water partition coefficient (Wildman–Crippen LogP) is 1.61. The van der Waals surface area contributed by atoms with Gasteiger partial charge in [-0.15, -0.1) is 0 Å². The van der Waals surface area contributed by atoms with E-state index in [9.17, 15) is 4.79 Å². The molecule has 2 aromatic rings. The number of carbonyl (C=O) groups excluding carboxylic acids is 1. The lowest BCUT2D eigenvalue weighted by Gasteiger charge is -2.13. The van der Waals surface area contributed by atoms with Crippen molar-refractivity contribution in [3.63, 3.8) is 0 Å². The number of hydrogen-bond acceptors (Lipinski definition) is 1. The first-order valence-corrected chi connectivity index (χ1v) is 5.06. The van der Waals surface area contributed by atoms with E-state index in [0.29, 0.717) is 4.90 Å². The molecule has 0 aliphatic carbocycles. The van der Waals surface area contributed by atoms with E-state index in [2.05, 4.69) is 0 Å². The Labute approximate surface area is 94.1 Å². The van der Waals surface area contributed by atoms with Gasteiger partial charge in [0.2, 0.25) is 0 Å². The van der Waals surface area contributed by atoms with Crippen LogP contribution in [0.5, 0.6) is 0 Å². The summed E-state index contributed by atoms with van der Waals surface area (Å²) >= 11 is 0. The van der Waals surface area contributed by atoms with Crippen LogP contribution < -0.4 is 10.6 Å². The molecule has 0 saturated heterocycles. The summed E-state index contributed by atoms with van der Waals surface area (Å²) in [5.41, 5.74) is 7.12. The number of amides is 2. The number of hydrogen-bond donors (Lipinski definition) is 2. The molecule has 2 aromatic carbocycles. The van der Waals surface area contributed by atoms with Gasteiger partial charge in [-0.25, -0.2) is 4.79 Å². The van der Waals surface area contributed by atoms with Gasteiger partial charge in [0.05, 0.1) is 0 Å². The monoisotopic (exact) mass is 213 g/mol. The second-order valence-corrected chi connectivity index (χ2v) is 3.47. The molecule has 2 rings (SSSR count). The molecule has 3 N–H and O–H groups in total. The molecule has 16 heavy (non-hydrogen) atoms. The molecule has 0 radical (unpaired) electrons. The van der Waals surface area contributed by atoms with Crippen LogP contribution in [-0.2, 0) is 0 Å². The van der Waals surface area contributed by atoms with Crippen molar-refractivity contribution in [1.82, 2.24) is 0 Å². The summed E-state index contributed by atoms with van der Waals surface area (Å²) in [6.07, 6.45) is 0. The topological polar surface area (TPSA) is 47.5 Å². The lowest BCUT2D eigenvalue weighted by molar-refractivity contribution is -0.662. The largest absolute Gasteiger partial charge is 0.422 e. The zero-order valence-electron chi connectivity index (χ0n) is 8.76. The Kier molecular flexibility index (Phi) is 2.98. The summed E-state index contributed by atoms with van der Waals surface area (Å²) < 4.78 is 0. The van der Waals surface area contributed by atoms with E-state index in [-0.39, 0.29) is 0 Å². The molecular formula is C13H13N2O+. The summed E-state index contributed by atoms with van der Waals surface area (Å²) in [7, 11) is 0. The highest BCUT2D eigenvalue weighted by molar-refractivity contribution is 5.68. The lowest BCUT2D eigenvalue weighted by Crippen LogP contribution is -3.06. The minimum Gasteiger partial charge on any atom is -0.318 e. The number of primary amides is 1. The third-order valence-electron chi connectivity index (χ3n) is 2.37. The maximum Gasteiger partial charge on any atom is 0.422 e. The van der Waals surface area contributed by atoms with Gasteiger partial charge < -0.3 is 5.73 Å². The number of urea groups is 1. The molecule has 2 amide bonds. The molecule has 0 atom stereocenters. The van der Waals surface area contributed by atoms with Crippen molar-refractivity contribution in [2.75, 3.05) is 0 Å². The number of benzene rings is 2. The Bertz CT molecular complexity index is 428. The van der Waals surface area contributed by atoms with E-state index < -0.39 is 6.03 Å². The van der Waals surface area contributed by atoms with Crippen LogP contribution in [0.1, 0.15) is 0 Å².